The number of rotatable bonds is 3. The van der Waals surface area contributed by atoms with Crippen LogP contribution in [0.15, 0.2) is 24.3 Å². The molecule has 7 heteroatoms. The number of ether oxygens (including phenoxy) is 1. The molecule has 1 fully saturated rings. The van der Waals surface area contributed by atoms with E-state index < -0.39 is 24.4 Å². The molecule has 4 nitrogen and oxygen atoms in total. The van der Waals surface area contributed by atoms with Crippen molar-refractivity contribution in [3.05, 3.63) is 24.3 Å². The Kier molecular flexibility index (Phi) is 4.19. The summed E-state index contributed by atoms with van der Waals surface area (Å²) in [4.78, 5) is 16.9. The summed E-state index contributed by atoms with van der Waals surface area (Å²) in [7, 11) is 1.40. The number of hydrogen-bond acceptors (Lipinski definition) is 3. The van der Waals surface area contributed by atoms with Crippen LogP contribution in [0.3, 0.4) is 0 Å². The monoisotopic (exact) mass is 291 g/mol. The molecule has 1 aliphatic heterocycles. The van der Waals surface area contributed by atoms with Gasteiger partial charge in [-0.15, -0.1) is 0 Å². The molecule has 0 atom stereocenters. The zero-order valence-corrected chi connectivity index (χ0v) is 11.0. The van der Waals surface area contributed by atoms with Crippen LogP contribution in [0.2, 0.25) is 0 Å². The van der Waals surface area contributed by atoms with E-state index in [-0.39, 0.29) is 5.91 Å². The van der Waals surface area contributed by atoms with E-state index in [4.69, 9.17) is 9.57 Å². The van der Waals surface area contributed by atoms with Gasteiger partial charge in [0, 0.05) is 6.42 Å². The van der Waals surface area contributed by atoms with Gasteiger partial charge < -0.3 is 4.74 Å². The predicted octanol–water partition coefficient (Wildman–Crippen LogP) is 2.37. The zero-order chi connectivity index (χ0) is 14.8. The number of carbonyl (C=O) groups excluding carboxylic acids is 1. The second-order valence-electron chi connectivity index (χ2n) is 4.82. The Morgan fingerprint density at radius 1 is 1.40 bits per heavy atom. The van der Waals surface area contributed by atoms with Gasteiger partial charge in [0.15, 0.2) is 0 Å². The summed E-state index contributed by atoms with van der Waals surface area (Å²) < 4.78 is 41.0. The van der Waals surface area contributed by atoms with Gasteiger partial charge in [0.1, 0.15) is 12.1 Å². The van der Waals surface area contributed by atoms with Gasteiger partial charge in [-0.05, 0) is 12.8 Å². The van der Waals surface area contributed by atoms with Gasteiger partial charge in [0.25, 0.3) is 0 Å². The molecular weight excluding hydrogens is 275 g/mol. The third-order valence-corrected chi connectivity index (χ3v) is 3.34. The van der Waals surface area contributed by atoms with Crippen molar-refractivity contribution < 1.29 is 27.5 Å². The quantitative estimate of drug-likeness (QED) is 0.749. The number of amides is 1. The molecule has 1 saturated heterocycles. The summed E-state index contributed by atoms with van der Waals surface area (Å²) in [5.74, 6) is -0.136. The van der Waals surface area contributed by atoms with E-state index in [1.165, 1.54) is 24.3 Å². The van der Waals surface area contributed by atoms with Gasteiger partial charge in [0.2, 0.25) is 5.91 Å². The van der Waals surface area contributed by atoms with Crippen molar-refractivity contribution in [3.63, 3.8) is 0 Å². The molecule has 0 radical (unpaired) electrons. The molecule has 0 N–H and O–H groups in total. The van der Waals surface area contributed by atoms with Gasteiger partial charge in [-0.1, -0.05) is 24.3 Å². The maximum atomic E-state index is 12.1. The lowest BCUT2D eigenvalue weighted by Crippen LogP contribution is -2.52. The second-order valence-corrected chi connectivity index (χ2v) is 4.82. The van der Waals surface area contributed by atoms with Crippen molar-refractivity contribution >= 4 is 5.91 Å². The molecular formula is C13H16F3NO3. The third kappa shape index (κ3) is 3.21. The summed E-state index contributed by atoms with van der Waals surface area (Å²) in [6.45, 7) is -1.30. The maximum Gasteiger partial charge on any atom is 0.411 e. The Bertz CT molecular complexity index is 417. The Hall–Kier alpha value is -1.34. The van der Waals surface area contributed by atoms with Crippen molar-refractivity contribution in [1.29, 1.82) is 0 Å². The highest BCUT2D eigenvalue weighted by molar-refractivity contribution is 5.77. The summed E-state index contributed by atoms with van der Waals surface area (Å²) in [5, 5.41) is 1.27. The number of alkyl halides is 3. The molecule has 0 bridgehead atoms. The van der Waals surface area contributed by atoms with E-state index in [2.05, 4.69) is 0 Å². The lowest BCUT2D eigenvalue weighted by molar-refractivity contribution is -0.202. The summed E-state index contributed by atoms with van der Waals surface area (Å²) in [6.07, 6.45) is 3.10. The van der Waals surface area contributed by atoms with Gasteiger partial charge in [-0.3, -0.25) is 9.63 Å². The smallest absolute Gasteiger partial charge is 0.361 e. The summed E-state index contributed by atoms with van der Waals surface area (Å²) >= 11 is 0. The molecule has 0 aromatic heterocycles. The predicted molar refractivity (Wildman–Crippen MR) is 64.5 cm³/mol. The van der Waals surface area contributed by atoms with Crippen molar-refractivity contribution in [3.8, 4) is 0 Å². The topological polar surface area (TPSA) is 38.8 Å². The van der Waals surface area contributed by atoms with Crippen LogP contribution in [0.25, 0.3) is 0 Å². The largest absolute Gasteiger partial charge is 0.411 e. The fourth-order valence-corrected chi connectivity index (χ4v) is 2.48. The molecule has 0 aromatic rings. The number of hydroxylamine groups is 2. The summed E-state index contributed by atoms with van der Waals surface area (Å²) in [6, 6.07) is 0. The van der Waals surface area contributed by atoms with Gasteiger partial charge >= 0.3 is 6.18 Å². The highest BCUT2D eigenvalue weighted by atomic mass is 19.4. The van der Waals surface area contributed by atoms with E-state index in [1.54, 1.807) is 12.2 Å². The van der Waals surface area contributed by atoms with Crippen LogP contribution in [-0.4, -0.2) is 42.5 Å². The van der Waals surface area contributed by atoms with Crippen LogP contribution >= 0.6 is 0 Å². The van der Waals surface area contributed by atoms with E-state index >= 15 is 0 Å². The maximum absolute atomic E-state index is 12.1. The fraction of sp³-hybridized carbons (Fsp3) is 0.615. The number of hydrogen-bond donors (Lipinski definition) is 0. The molecule has 1 aliphatic carbocycles. The molecule has 1 spiro atoms. The first kappa shape index (κ1) is 15.1. The average Bonchev–Trinajstić information content (AvgIpc) is 2.37. The normalized spacial score (nSPS) is 30.3. The minimum Gasteiger partial charge on any atom is -0.361 e. The Balaban J connectivity index is 2.04. The molecule has 20 heavy (non-hydrogen) atoms. The zero-order valence-electron chi connectivity index (χ0n) is 11.0. The van der Waals surface area contributed by atoms with E-state index in [9.17, 15) is 18.0 Å². The van der Waals surface area contributed by atoms with Gasteiger partial charge in [-0.25, -0.2) is 5.06 Å². The van der Waals surface area contributed by atoms with Crippen molar-refractivity contribution in [1.82, 2.24) is 5.06 Å². The minimum absolute atomic E-state index is 0.136. The first-order valence-electron chi connectivity index (χ1n) is 6.30. The van der Waals surface area contributed by atoms with Gasteiger partial charge in [-0.2, -0.15) is 13.2 Å². The fourth-order valence-electron chi connectivity index (χ4n) is 2.48. The van der Waals surface area contributed by atoms with Crippen LogP contribution in [0.4, 0.5) is 13.2 Å². The van der Waals surface area contributed by atoms with Crippen molar-refractivity contribution in [2.45, 2.75) is 37.1 Å². The van der Waals surface area contributed by atoms with Crippen LogP contribution in [0.5, 0.6) is 0 Å². The number of carbonyl (C=O) groups is 1. The van der Waals surface area contributed by atoms with E-state index in [0.717, 1.165) is 0 Å². The van der Waals surface area contributed by atoms with Crippen molar-refractivity contribution in [2.24, 2.45) is 0 Å². The SMILES string of the molecule is CON1C(=O)CCCC12C=CC(OCC(F)(F)F)C=C2. The Morgan fingerprint density at radius 2 is 2.05 bits per heavy atom. The van der Waals surface area contributed by atoms with Gasteiger partial charge in [0.05, 0.1) is 13.2 Å². The molecule has 112 valence electrons. The third-order valence-electron chi connectivity index (χ3n) is 3.34. The Labute approximate surface area is 114 Å². The van der Waals surface area contributed by atoms with E-state index in [1.807, 2.05) is 0 Å². The first-order valence-corrected chi connectivity index (χ1v) is 6.30. The lowest BCUT2D eigenvalue weighted by Gasteiger charge is -2.42. The number of halogens is 3. The molecule has 0 unspecified atom stereocenters. The molecule has 1 amide bonds. The van der Waals surface area contributed by atoms with Crippen LogP contribution < -0.4 is 0 Å². The van der Waals surface area contributed by atoms with E-state index in [0.29, 0.717) is 19.3 Å². The minimum atomic E-state index is -4.35. The second kappa shape index (κ2) is 5.57. The standard InChI is InChI=1S/C13H16F3NO3/c1-19-17-11(18)3-2-6-12(17)7-4-10(5-8-12)20-9-13(14,15)16/h4-5,7-8,10H,2-3,6,9H2,1H3. The highest BCUT2D eigenvalue weighted by Crippen LogP contribution is 2.34. The number of nitrogens with zero attached hydrogens (tertiary/aromatic N) is 1. The molecule has 2 rings (SSSR count). The Morgan fingerprint density at radius 3 is 2.60 bits per heavy atom. The van der Waals surface area contributed by atoms with Crippen LogP contribution in [-0.2, 0) is 14.4 Å². The molecule has 2 aliphatic rings. The first-order chi connectivity index (χ1) is 9.36. The van der Waals surface area contributed by atoms with Crippen molar-refractivity contribution in [2.75, 3.05) is 13.7 Å². The molecule has 0 saturated carbocycles. The van der Waals surface area contributed by atoms with Crippen LogP contribution in [0.1, 0.15) is 19.3 Å². The average molecular weight is 291 g/mol. The van der Waals surface area contributed by atoms with Crippen LogP contribution in [0, 0.1) is 0 Å². The molecule has 0 aromatic carbocycles. The summed E-state index contributed by atoms with van der Waals surface area (Å²) in [5.41, 5.74) is -0.706. The lowest BCUT2D eigenvalue weighted by atomic mass is 9.84. The molecule has 1 heterocycles. The highest BCUT2D eigenvalue weighted by Gasteiger charge is 2.41. The number of piperidine rings is 1.